The molecule has 0 radical (unpaired) electrons. The maximum absolute atomic E-state index is 13.3. The van der Waals surface area contributed by atoms with E-state index in [-0.39, 0.29) is 24.8 Å². The van der Waals surface area contributed by atoms with Crippen LogP contribution in [0.25, 0.3) is 0 Å². The molecule has 2 aromatic carbocycles. The summed E-state index contributed by atoms with van der Waals surface area (Å²) in [5.74, 6) is 0.421. The number of anilines is 1. The number of amides is 2. The standard InChI is InChI=1S/C27H39N3O5S/c1-20(2)18-28-27(32)22(4)29(19-23-11-7-10-21(3)16-23)26(31)14-9-15-30(36(6,33)34)24-12-8-13-25(17-24)35-5/h7-8,10-13,16-17,20,22H,9,14-15,18-19H2,1-6H3,(H,28,32). The van der Waals surface area contributed by atoms with E-state index in [1.807, 2.05) is 45.0 Å². The van der Waals surface area contributed by atoms with Crippen molar-refractivity contribution in [2.75, 3.05) is 30.8 Å². The zero-order chi connectivity index (χ0) is 26.9. The Balaban J connectivity index is 2.17. The van der Waals surface area contributed by atoms with Crippen molar-refractivity contribution in [1.29, 1.82) is 0 Å². The summed E-state index contributed by atoms with van der Waals surface area (Å²) in [5.41, 5.74) is 2.47. The lowest BCUT2D eigenvalue weighted by atomic mass is 10.1. The number of aryl methyl sites for hydroxylation is 1. The van der Waals surface area contributed by atoms with Gasteiger partial charge in [0.15, 0.2) is 0 Å². The molecule has 0 fully saturated rings. The molecule has 0 aliphatic heterocycles. The second-order valence-electron chi connectivity index (χ2n) is 9.47. The van der Waals surface area contributed by atoms with Crippen molar-refractivity contribution in [2.45, 2.75) is 53.1 Å². The number of nitrogens with zero attached hydrogens (tertiary/aromatic N) is 2. The van der Waals surface area contributed by atoms with Gasteiger partial charge in [0.05, 0.1) is 19.1 Å². The normalized spacial score (nSPS) is 12.2. The minimum atomic E-state index is -3.57. The van der Waals surface area contributed by atoms with E-state index in [0.717, 1.165) is 17.4 Å². The molecule has 8 nitrogen and oxygen atoms in total. The van der Waals surface area contributed by atoms with Gasteiger partial charge in [-0.3, -0.25) is 13.9 Å². The molecule has 0 heterocycles. The summed E-state index contributed by atoms with van der Waals surface area (Å²) < 4.78 is 31.4. The van der Waals surface area contributed by atoms with Crippen LogP contribution in [0.3, 0.4) is 0 Å². The van der Waals surface area contributed by atoms with Crippen molar-refractivity contribution >= 4 is 27.5 Å². The van der Waals surface area contributed by atoms with Gasteiger partial charge in [-0.05, 0) is 43.9 Å². The van der Waals surface area contributed by atoms with Crippen LogP contribution in [-0.4, -0.2) is 57.6 Å². The van der Waals surface area contributed by atoms with Gasteiger partial charge in [-0.25, -0.2) is 8.42 Å². The monoisotopic (exact) mass is 517 g/mol. The Bertz CT molecular complexity index is 1130. The first-order valence-corrected chi connectivity index (χ1v) is 14.0. The fourth-order valence-electron chi connectivity index (χ4n) is 3.81. The molecular weight excluding hydrogens is 478 g/mol. The van der Waals surface area contributed by atoms with E-state index in [2.05, 4.69) is 5.32 Å². The molecule has 36 heavy (non-hydrogen) atoms. The van der Waals surface area contributed by atoms with Gasteiger partial charge in [0.25, 0.3) is 0 Å². The minimum absolute atomic E-state index is 0.101. The van der Waals surface area contributed by atoms with E-state index in [0.29, 0.717) is 36.9 Å². The van der Waals surface area contributed by atoms with Crippen molar-refractivity contribution < 1.29 is 22.7 Å². The maximum Gasteiger partial charge on any atom is 0.242 e. The molecule has 0 saturated carbocycles. The lowest BCUT2D eigenvalue weighted by Gasteiger charge is -2.30. The predicted octanol–water partition coefficient (Wildman–Crippen LogP) is 3.74. The minimum Gasteiger partial charge on any atom is -0.497 e. The predicted molar refractivity (Wildman–Crippen MR) is 143 cm³/mol. The van der Waals surface area contributed by atoms with E-state index < -0.39 is 16.1 Å². The highest BCUT2D eigenvalue weighted by Gasteiger charge is 2.26. The number of benzene rings is 2. The largest absolute Gasteiger partial charge is 0.497 e. The summed E-state index contributed by atoms with van der Waals surface area (Å²) >= 11 is 0. The van der Waals surface area contributed by atoms with Crippen molar-refractivity contribution in [1.82, 2.24) is 10.2 Å². The topological polar surface area (TPSA) is 96.0 Å². The highest BCUT2D eigenvalue weighted by Crippen LogP contribution is 2.24. The fraction of sp³-hybridized carbons (Fsp3) is 0.481. The summed E-state index contributed by atoms with van der Waals surface area (Å²) in [7, 11) is -2.05. The van der Waals surface area contributed by atoms with Gasteiger partial charge in [0.2, 0.25) is 21.8 Å². The molecule has 1 atom stereocenters. The van der Waals surface area contributed by atoms with E-state index in [4.69, 9.17) is 4.74 Å². The third-order valence-corrected chi connectivity index (χ3v) is 6.97. The van der Waals surface area contributed by atoms with Crippen molar-refractivity contribution in [2.24, 2.45) is 5.92 Å². The molecule has 0 saturated heterocycles. The van der Waals surface area contributed by atoms with Crippen LogP contribution < -0.4 is 14.4 Å². The molecule has 0 aromatic heterocycles. The van der Waals surface area contributed by atoms with Crippen molar-refractivity contribution in [3.05, 3.63) is 59.7 Å². The molecule has 0 bridgehead atoms. The molecule has 1 unspecified atom stereocenters. The van der Waals surface area contributed by atoms with Gasteiger partial charge in [0, 0.05) is 32.1 Å². The van der Waals surface area contributed by atoms with Crippen LogP contribution in [0.1, 0.15) is 44.7 Å². The molecule has 2 rings (SSSR count). The molecule has 1 N–H and O–H groups in total. The van der Waals surface area contributed by atoms with Crippen LogP contribution in [0, 0.1) is 12.8 Å². The lowest BCUT2D eigenvalue weighted by molar-refractivity contribution is -0.140. The van der Waals surface area contributed by atoms with Crippen LogP contribution in [0.4, 0.5) is 5.69 Å². The van der Waals surface area contributed by atoms with Gasteiger partial charge in [-0.15, -0.1) is 0 Å². The van der Waals surface area contributed by atoms with Crippen LogP contribution in [0.15, 0.2) is 48.5 Å². The smallest absolute Gasteiger partial charge is 0.242 e. The first kappa shape index (κ1) is 29.2. The number of carbonyl (C=O) groups is 2. The molecule has 0 aliphatic rings. The summed E-state index contributed by atoms with van der Waals surface area (Å²) in [4.78, 5) is 27.7. The Morgan fingerprint density at radius 1 is 1.06 bits per heavy atom. The van der Waals surface area contributed by atoms with Crippen molar-refractivity contribution in [3.8, 4) is 5.75 Å². The highest BCUT2D eigenvalue weighted by molar-refractivity contribution is 7.92. The van der Waals surface area contributed by atoms with Gasteiger partial charge < -0.3 is 15.0 Å². The first-order valence-electron chi connectivity index (χ1n) is 12.2. The molecule has 2 amide bonds. The second-order valence-corrected chi connectivity index (χ2v) is 11.4. The quantitative estimate of drug-likeness (QED) is 0.437. The van der Waals surface area contributed by atoms with Gasteiger partial charge in [-0.1, -0.05) is 49.7 Å². The highest BCUT2D eigenvalue weighted by atomic mass is 32.2. The zero-order valence-corrected chi connectivity index (χ0v) is 23.0. The molecule has 0 spiro atoms. The first-order chi connectivity index (χ1) is 16.9. The lowest BCUT2D eigenvalue weighted by Crippen LogP contribution is -2.48. The van der Waals surface area contributed by atoms with Gasteiger partial charge in [0.1, 0.15) is 11.8 Å². The van der Waals surface area contributed by atoms with E-state index in [1.54, 1.807) is 36.1 Å². The Morgan fingerprint density at radius 2 is 1.75 bits per heavy atom. The number of methoxy groups -OCH3 is 1. The number of ether oxygens (including phenoxy) is 1. The Morgan fingerprint density at radius 3 is 2.36 bits per heavy atom. The molecule has 0 aliphatic carbocycles. The van der Waals surface area contributed by atoms with Crippen LogP contribution in [0.5, 0.6) is 5.75 Å². The van der Waals surface area contributed by atoms with Crippen LogP contribution >= 0.6 is 0 Å². The number of rotatable bonds is 13. The molecule has 2 aromatic rings. The summed E-state index contributed by atoms with van der Waals surface area (Å²) in [5, 5.41) is 2.91. The van der Waals surface area contributed by atoms with E-state index in [9.17, 15) is 18.0 Å². The molecule has 9 heteroatoms. The second kappa shape index (κ2) is 13.3. The van der Waals surface area contributed by atoms with E-state index in [1.165, 1.54) is 11.4 Å². The Kier molecular flexibility index (Phi) is 10.8. The number of hydrogen-bond donors (Lipinski definition) is 1. The fourth-order valence-corrected chi connectivity index (χ4v) is 4.77. The number of sulfonamides is 1. The average molecular weight is 518 g/mol. The van der Waals surface area contributed by atoms with Gasteiger partial charge >= 0.3 is 0 Å². The van der Waals surface area contributed by atoms with Crippen LogP contribution in [0.2, 0.25) is 0 Å². The average Bonchev–Trinajstić information content (AvgIpc) is 2.82. The summed E-state index contributed by atoms with van der Waals surface area (Å²) in [6.07, 6.45) is 1.54. The number of hydrogen-bond acceptors (Lipinski definition) is 5. The Labute approximate surface area is 215 Å². The maximum atomic E-state index is 13.3. The SMILES string of the molecule is COc1cccc(N(CCCC(=O)N(Cc2cccc(C)c2)C(C)C(=O)NCC(C)C)S(C)(=O)=O)c1. The summed E-state index contributed by atoms with van der Waals surface area (Å²) in [6.45, 7) is 8.67. The molecule has 198 valence electrons. The van der Waals surface area contributed by atoms with E-state index >= 15 is 0 Å². The zero-order valence-electron chi connectivity index (χ0n) is 22.2. The van der Waals surface area contributed by atoms with Crippen LogP contribution in [-0.2, 0) is 26.2 Å². The Hall–Kier alpha value is -3.07. The third kappa shape index (κ3) is 8.86. The number of nitrogens with one attached hydrogen (secondary N) is 1. The van der Waals surface area contributed by atoms with Gasteiger partial charge in [-0.2, -0.15) is 0 Å². The van der Waals surface area contributed by atoms with Crippen molar-refractivity contribution in [3.63, 3.8) is 0 Å². The summed E-state index contributed by atoms with van der Waals surface area (Å²) in [6, 6.07) is 14.0. The molecular formula is C27H39N3O5S. The number of carbonyl (C=O) groups excluding carboxylic acids is 2. The third-order valence-electron chi connectivity index (χ3n) is 5.78.